The van der Waals surface area contributed by atoms with E-state index < -0.39 is 29.3 Å². The van der Waals surface area contributed by atoms with Gasteiger partial charge in [-0.15, -0.1) is 11.8 Å². The third kappa shape index (κ3) is 7.03. The van der Waals surface area contributed by atoms with E-state index >= 15 is 0 Å². The van der Waals surface area contributed by atoms with Crippen LogP contribution in [-0.2, 0) is 36.9 Å². The molecule has 0 unspecified atom stereocenters. The highest BCUT2D eigenvalue weighted by Gasteiger charge is 2.54. The topological polar surface area (TPSA) is 128 Å². The highest BCUT2D eigenvalue weighted by Crippen LogP contribution is 2.41. The molecule has 2 aliphatic rings. The van der Waals surface area contributed by atoms with E-state index in [1.807, 2.05) is 50.5 Å². The fourth-order valence-electron chi connectivity index (χ4n) is 4.67. The van der Waals surface area contributed by atoms with Crippen molar-refractivity contribution in [3.8, 4) is 5.75 Å². The van der Waals surface area contributed by atoms with Crippen LogP contribution in [0.15, 0.2) is 78.0 Å². The van der Waals surface area contributed by atoms with Crippen molar-refractivity contribution in [1.29, 1.82) is 0 Å². The van der Waals surface area contributed by atoms with Crippen LogP contribution in [0.25, 0.3) is 0 Å². The van der Waals surface area contributed by atoms with Crippen molar-refractivity contribution in [2.24, 2.45) is 5.73 Å². The largest absolute Gasteiger partial charge is 0.497 e. The predicted octanol–water partition coefficient (Wildman–Crippen LogP) is 2.14. The minimum absolute atomic E-state index is 0.0143. The second kappa shape index (κ2) is 13.3. The number of primary amides is 1. The number of carbonyl (C=O) groups is 4. The first kappa shape index (κ1) is 30.9. The molecule has 0 bridgehead atoms. The second-order valence-corrected chi connectivity index (χ2v) is 12.0. The number of fused-ring (bicyclic) bond motifs is 1. The molecular weight excluding hydrogens is 556 g/mol. The van der Waals surface area contributed by atoms with E-state index in [4.69, 9.17) is 15.2 Å². The fourth-order valence-corrected chi connectivity index (χ4v) is 5.99. The van der Waals surface area contributed by atoms with Crippen molar-refractivity contribution in [3.63, 3.8) is 0 Å². The number of hydrogen-bond acceptors (Lipinski definition) is 7. The summed E-state index contributed by atoms with van der Waals surface area (Å²) in [6, 6.07) is 15.3. The van der Waals surface area contributed by atoms with Gasteiger partial charge in [0.05, 0.1) is 34.2 Å². The molecule has 1 fully saturated rings. The summed E-state index contributed by atoms with van der Waals surface area (Å²) in [5, 5.41) is 2.41. The molecule has 0 aromatic heterocycles. The third-order valence-corrected chi connectivity index (χ3v) is 8.90. The lowest BCUT2D eigenvalue weighted by molar-refractivity contribution is -0.898. The Morgan fingerprint density at radius 3 is 2.45 bits per heavy atom. The van der Waals surface area contributed by atoms with Crippen molar-refractivity contribution < 1.29 is 33.1 Å². The number of β-lactam (4-membered cyclic amide) rings is 1. The van der Waals surface area contributed by atoms with Crippen molar-refractivity contribution in [2.45, 2.75) is 37.4 Å². The van der Waals surface area contributed by atoms with Crippen molar-refractivity contribution in [1.82, 2.24) is 10.2 Å². The number of nitrogens with two attached hydrogens (primary N) is 1. The Bertz CT molecular complexity index is 1390. The van der Waals surface area contributed by atoms with Crippen LogP contribution >= 0.6 is 11.8 Å². The lowest BCUT2D eigenvalue weighted by Crippen LogP contribution is -2.70. The lowest BCUT2D eigenvalue weighted by Gasteiger charge is -2.49. The summed E-state index contributed by atoms with van der Waals surface area (Å²) in [4.78, 5) is 52.7. The Kier molecular flexibility index (Phi) is 9.74. The fraction of sp³-hybridized carbons (Fsp3) is 0.355. The SMILES string of the molecule is COc1ccc(COC(=O)C2=C(/C=C/C[N+](C)(C)[C@H](C)C(N)=O)CS[C@H]3[C@H](NC(=O)Cc4ccccc4)C(=O)N23)cc1. The summed E-state index contributed by atoms with van der Waals surface area (Å²) < 4.78 is 11.2. The van der Waals surface area contributed by atoms with Gasteiger partial charge in [-0.1, -0.05) is 48.5 Å². The Balaban J connectivity index is 1.52. The molecule has 2 aromatic carbocycles. The molecule has 1 saturated heterocycles. The Hall–Kier alpha value is -4.09. The molecule has 3 N–H and O–H groups in total. The smallest absolute Gasteiger partial charge is 0.355 e. The van der Waals surface area contributed by atoms with Gasteiger partial charge in [0.2, 0.25) is 5.91 Å². The molecule has 222 valence electrons. The molecule has 11 heteroatoms. The maximum atomic E-state index is 13.5. The maximum Gasteiger partial charge on any atom is 0.355 e. The molecule has 0 spiro atoms. The molecule has 42 heavy (non-hydrogen) atoms. The van der Waals surface area contributed by atoms with Crippen molar-refractivity contribution in [3.05, 3.63) is 89.1 Å². The molecule has 2 aliphatic heterocycles. The average Bonchev–Trinajstić information content (AvgIpc) is 2.98. The van der Waals surface area contributed by atoms with Crippen LogP contribution in [0.3, 0.4) is 0 Å². The van der Waals surface area contributed by atoms with Gasteiger partial charge in [-0.3, -0.25) is 19.3 Å². The number of rotatable bonds is 12. The molecule has 2 aromatic rings. The van der Waals surface area contributed by atoms with Crippen LogP contribution in [0.2, 0.25) is 0 Å². The number of hydrogen-bond donors (Lipinski definition) is 2. The Labute approximate surface area is 250 Å². The minimum atomic E-state index is -0.742. The number of allylic oxidation sites excluding steroid dienone is 1. The highest BCUT2D eigenvalue weighted by atomic mass is 32.2. The zero-order valence-corrected chi connectivity index (χ0v) is 25.1. The highest BCUT2D eigenvalue weighted by molar-refractivity contribution is 8.00. The van der Waals surface area contributed by atoms with Gasteiger partial charge in [0, 0.05) is 5.75 Å². The van der Waals surface area contributed by atoms with E-state index in [0.717, 1.165) is 11.1 Å². The van der Waals surface area contributed by atoms with Gasteiger partial charge in [0.25, 0.3) is 11.8 Å². The normalized spacial score (nSPS) is 19.1. The van der Waals surface area contributed by atoms with Crippen LogP contribution in [0, 0.1) is 0 Å². The van der Waals surface area contributed by atoms with Gasteiger partial charge in [-0.25, -0.2) is 4.79 Å². The summed E-state index contributed by atoms with van der Waals surface area (Å²) in [6.45, 7) is 2.26. The number of benzene rings is 2. The first-order chi connectivity index (χ1) is 20.0. The zero-order chi connectivity index (χ0) is 30.4. The second-order valence-electron chi connectivity index (χ2n) is 10.9. The summed E-state index contributed by atoms with van der Waals surface area (Å²) in [5.74, 6) is -0.542. The van der Waals surface area contributed by atoms with Crippen LogP contribution in [0.5, 0.6) is 5.75 Å². The van der Waals surface area contributed by atoms with Gasteiger partial charge in [-0.2, -0.15) is 0 Å². The van der Waals surface area contributed by atoms with E-state index in [2.05, 4.69) is 5.32 Å². The third-order valence-electron chi connectivity index (χ3n) is 7.60. The maximum absolute atomic E-state index is 13.5. The monoisotopic (exact) mass is 593 g/mol. The number of quaternary nitrogens is 1. The number of esters is 1. The molecule has 3 atom stereocenters. The number of nitrogens with zero attached hydrogens (tertiary/aromatic N) is 2. The van der Waals surface area contributed by atoms with E-state index in [0.29, 0.717) is 28.1 Å². The minimum Gasteiger partial charge on any atom is -0.497 e. The van der Waals surface area contributed by atoms with Crippen LogP contribution in [0.1, 0.15) is 18.1 Å². The first-order valence-corrected chi connectivity index (χ1v) is 14.7. The number of nitrogens with one attached hydrogen (secondary N) is 1. The average molecular weight is 594 g/mol. The number of likely N-dealkylation sites (N-methyl/N-ethyl adjacent to an activating group) is 1. The molecule has 4 rings (SSSR count). The summed E-state index contributed by atoms with van der Waals surface area (Å²) in [7, 11) is 5.36. The predicted molar refractivity (Wildman–Crippen MR) is 160 cm³/mol. The summed E-state index contributed by atoms with van der Waals surface area (Å²) >= 11 is 1.47. The van der Waals surface area contributed by atoms with Gasteiger partial charge < -0.3 is 25.0 Å². The van der Waals surface area contributed by atoms with Crippen LogP contribution in [-0.4, -0.2) is 84.0 Å². The van der Waals surface area contributed by atoms with Gasteiger partial charge in [-0.05, 0) is 41.8 Å². The summed E-state index contributed by atoms with van der Waals surface area (Å²) in [6.07, 6.45) is 3.83. The zero-order valence-electron chi connectivity index (χ0n) is 24.2. The Morgan fingerprint density at radius 1 is 1.12 bits per heavy atom. The number of amides is 3. The van der Waals surface area contributed by atoms with E-state index in [1.165, 1.54) is 16.7 Å². The first-order valence-electron chi connectivity index (χ1n) is 13.6. The van der Waals surface area contributed by atoms with Gasteiger partial charge >= 0.3 is 5.97 Å². The van der Waals surface area contributed by atoms with E-state index in [1.54, 1.807) is 44.4 Å². The molecule has 2 heterocycles. The molecule has 0 aliphatic carbocycles. The number of carbonyl (C=O) groups excluding carboxylic acids is 4. The molecule has 3 amide bonds. The number of thioether (sulfide) groups is 1. The number of ether oxygens (including phenoxy) is 2. The standard InChI is InChI=1S/C31H36N4O6S/c1-20(28(32)37)35(2,3)16-8-11-23-19-42-30-26(33-25(36)17-21-9-6-5-7-10-21)29(38)34(30)27(23)31(39)41-18-22-12-14-24(40-4)15-13-22/h5-15,20,26,30H,16-19H2,1-4H3,(H2-,32,33,36,37)/p+1/b11-8+/t20-,26-,30+/m1/s1. The molecular formula is C31H37N4O6S+. The lowest BCUT2D eigenvalue weighted by atomic mass is 10.0. The van der Waals surface area contributed by atoms with Gasteiger partial charge in [0.1, 0.15) is 29.5 Å². The molecule has 0 radical (unpaired) electrons. The molecule has 10 nitrogen and oxygen atoms in total. The van der Waals surface area contributed by atoms with Crippen molar-refractivity contribution >= 4 is 35.5 Å². The van der Waals surface area contributed by atoms with E-state index in [9.17, 15) is 19.2 Å². The summed E-state index contributed by atoms with van der Waals surface area (Å²) in [5.41, 5.74) is 7.91. The molecule has 0 saturated carbocycles. The quantitative estimate of drug-likeness (QED) is 0.219. The van der Waals surface area contributed by atoms with Gasteiger partial charge in [0.15, 0.2) is 6.04 Å². The van der Waals surface area contributed by atoms with Crippen LogP contribution < -0.4 is 15.8 Å². The van der Waals surface area contributed by atoms with Crippen LogP contribution in [0.4, 0.5) is 0 Å². The number of methoxy groups -OCH3 is 1. The van der Waals surface area contributed by atoms with Crippen molar-refractivity contribution in [2.75, 3.05) is 33.5 Å². The Morgan fingerprint density at radius 2 is 1.81 bits per heavy atom. The van der Waals surface area contributed by atoms with E-state index in [-0.39, 0.29) is 30.5 Å².